The fourth-order valence-corrected chi connectivity index (χ4v) is 3.79. The normalized spacial score (nSPS) is 11.0. The van der Waals surface area contributed by atoms with E-state index < -0.39 is 0 Å². The highest BCUT2D eigenvalue weighted by atomic mass is 32.2. The van der Waals surface area contributed by atoms with Crippen LogP contribution in [-0.2, 0) is 4.79 Å². The number of carbonyl (C=O) groups excluding carboxylic acids is 1. The van der Waals surface area contributed by atoms with Crippen LogP contribution < -0.4 is 10.1 Å². The number of methoxy groups -OCH3 is 1. The van der Waals surface area contributed by atoms with E-state index in [1.54, 1.807) is 7.11 Å². The van der Waals surface area contributed by atoms with Crippen molar-refractivity contribution < 1.29 is 9.53 Å². The van der Waals surface area contributed by atoms with Gasteiger partial charge in [-0.05, 0) is 35.7 Å². The molecule has 0 unspecified atom stereocenters. The third kappa shape index (κ3) is 3.59. The van der Waals surface area contributed by atoms with Crippen molar-refractivity contribution in [1.29, 1.82) is 0 Å². The first-order valence-corrected chi connectivity index (χ1v) is 9.53. The minimum absolute atomic E-state index is 0.0642. The number of amides is 1. The molecule has 7 heteroatoms. The molecule has 6 nitrogen and oxygen atoms in total. The lowest BCUT2D eigenvalue weighted by Gasteiger charge is -2.09. The van der Waals surface area contributed by atoms with Crippen molar-refractivity contribution in [2.24, 2.45) is 0 Å². The molecular weight excluding hydrogens is 360 g/mol. The minimum atomic E-state index is -0.0642. The molecule has 0 saturated heterocycles. The first kappa shape index (κ1) is 17.4. The molecule has 0 saturated carbocycles. The molecule has 136 valence electrons. The summed E-state index contributed by atoms with van der Waals surface area (Å²) in [6.07, 6.45) is 0.363. The molecule has 0 atom stereocenters. The van der Waals surface area contributed by atoms with Crippen molar-refractivity contribution >= 4 is 39.9 Å². The summed E-state index contributed by atoms with van der Waals surface area (Å²) in [6.45, 7) is 0. The van der Waals surface area contributed by atoms with Gasteiger partial charge in [0.15, 0.2) is 10.8 Å². The molecule has 27 heavy (non-hydrogen) atoms. The lowest BCUT2D eigenvalue weighted by atomic mass is 10.2. The Labute approximate surface area is 160 Å². The van der Waals surface area contributed by atoms with E-state index in [4.69, 9.17) is 4.74 Å². The van der Waals surface area contributed by atoms with Gasteiger partial charge < -0.3 is 10.1 Å². The van der Waals surface area contributed by atoms with Gasteiger partial charge in [-0.15, -0.1) is 10.2 Å². The van der Waals surface area contributed by atoms with Crippen LogP contribution >= 0.6 is 11.8 Å². The van der Waals surface area contributed by atoms with Gasteiger partial charge in [-0.2, -0.15) is 0 Å². The highest BCUT2D eigenvalue weighted by Gasteiger charge is 2.11. The quantitative estimate of drug-likeness (QED) is 0.514. The van der Waals surface area contributed by atoms with Crippen molar-refractivity contribution in [2.45, 2.75) is 11.6 Å². The second kappa shape index (κ2) is 7.67. The number of hydrogen-bond acceptors (Lipinski definition) is 5. The van der Waals surface area contributed by atoms with E-state index in [0.29, 0.717) is 23.6 Å². The van der Waals surface area contributed by atoms with Crippen molar-refractivity contribution in [1.82, 2.24) is 14.6 Å². The van der Waals surface area contributed by atoms with Gasteiger partial charge in [0.2, 0.25) is 5.91 Å². The van der Waals surface area contributed by atoms with E-state index in [1.165, 1.54) is 11.8 Å². The van der Waals surface area contributed by atoms with Gasteiger partial charge in [-0.1, -0.05) is 42.1 Å². The van der Waals surface area contributed by atoms with Gasteiger partial charge in [-0.25, -0.2) is 0 Å². The number of aromatic nitrogens is 3. The highest BCUT2D eigenvalue weighted by Crippen LogP contribution is 2.25. The van der Waals surface area contributed by atoms with E-state index in [-0.39, 0.29) is 5.91 Å². The summed E-state index contributed by atoms with van der Waals surface area (Å²) in [5.74, 6) is 1.18. The van der Waals surface area contributed by atoms with E-state index in [2.05, 4.69) is 21.6 Å². The number of ether oxygens (including phenoxy) is 1. The Morgan fingerprint density at radius 1 is 1.07 bits per heavy atom. The van der Waals surface area contributed by atoms with Gasteiger partial charge in [-0.3, -0.25) is 9.20 Å². The summed E-state index contributed by atoms with van der Waals surface area (Å²) in [7, 11) is 1.58. The zero-order valence-electron chi connectivity index (χ0n) is 14.8. The van der Waals surface area contributed by atoms with Crippen molar-refractivity contribution in [2.75, 3.05) is 18.2 Å². The predicted octanol–water partition coefficient (Wildman–Crippen LogP) is 4.01. The van der Waals surface area contributed by atoms with E-state index >= 15 is 0 Å². The maximum Gasteiger partial charge on any atom is 0.225 e. The van der Waals surface area contributed by atoms with Gasteiger partial charge in [0.25, 0.3) is 0 Å². The van der Waals surface area contributed by atoms with Gasteiger partial charge in [0, 0.05) is 12.2 Å². The van der Waals surface area contributed by atoms with Crippen molar-refractivity contribution in [3.05, 3.63) is 60.7 Å². The second-order valence-electron chi connectivity index (χ2n) is 5.92. The number of thioether (sulfide) groups is 1. The summed E-state index contributed by atoms with van der Waals surface area (Å²) < 4.78 is 7.28. The van der Waals surface area contributed by atoms with Crippen LogP contribution in [0.15, 0.2) is 65.8 Å². The number of carbonyl (C=O) groups is 1. The first-order valence-electron chi connectivity index (χ1n) is 8.55. The number of fused-ring (bicyclic) bond motifs is 3. The third-order valence-electron chi connectivity index (χ3n) is 4.19. The highest BCUT2D eigenvalue weighted by molar-refractivity contribution is 7.99. The molecule has 0 aliphatic rings. The molecule has 0 aliphatic heterocycles. The molecule has 0 bridgehead atoms. The minimum Gasteiger partial charge on any atom is -0.495 e. The molecule has 0 fully saturated rings. The zero-order chi connectivity index (χ0) is 18.6. The number of benzene rings is 2. The molecule has 0 radical (unpaired) electrons. The largest absolute Gasteiger partial charge is 0.495 e. The Morgan fingerprint density at radius 2 is 1.89 bits per heavy atom. The maximum absolute atomic E-state index is 12.3. The monoisotopic (exact) mass is 378 g/mol. The first-order chi connectivity index (χ1) is 13.3. The Morgan fingerprint density at radius 3 is 2.78 bits per heavy atom. The lowest BCUT2D eigenvalue weighted by molar-refractivity contribution is -0.115. The standard InChI is InChI=1S/C20H18N4O2S/c1-26-17-9-5-3-7-15(17)21-19(25)12-13-27-20-23-22-18-11-10-14-6-2-4-8-16(14)24(18)20/h2-11H,12-13H2,1H3,(H,21,25). The maximum atomic E-state index is 12.3. The van der Waals surface area contributed by atoms with Crippen LogP contribution in [0.3, 0.4) is 0 Å². The van der Waals surface area contributed by atoms with Crippen LogP contribution in [0.5, 0.6) is 5.75 Å². The molecule has 2 heterocycles. The molecule has 2 aromatic carbocycles. The van der Waals surface area contributed by atoms with Gasteiger partial charge >= 0.3 is 0 Å². The molecule has 1 amide bonds. The number of para-hydroxylation sites is 3. The van der Waals surface area contributed by atoms with Gasteiger partial charge in [0.05, 0.1) is 18.3 Å². The number of rotatable bonds is 6. The molecule has 0 aliphatic carbocycles. The van der Waals surface area contributed by atoms with Crippen LogP contribution in [-0.4, -0.2) is 33.4 Å². The molecule has 4 aromatic rings. The molecule has 1 N–H and O–H groups in total. The van der Waals surface area contributed by atoms with Gasteiger partial charge in [0.1, 0.15) is 5.75 Å². The second-order valence-corrected chi connectivity index (χ2v) is 6.98. The van der Waals surface area contributed by atoms with E-state index in [9.17, 15) is 4.79 Å². The average molecular weight is 378 g/mol. The predicted molar refractivity (Wildman–Crippen MR) is 107 cm³/mol. The fourth-order valence-electron chi connectivity index (χ4n) is 2.90. The Hall–Kier alpha value is -3.06. The Kier molecular flexibility index (Phi) is 4.93. The summed E-state index contributed by atoms with van der Waals surface area (Å²) in [6, 6.07) is 19.5. The summed E-state index contributed by atoms with van der Waals surface area (Å²) in [5.41, 5.74) is 2.53. The topological polar surface area (TPSA) is 68.5 Å². The number of pyridine rings is 1. The summed E-state index contributed by atoms with van der Waals surface area (Å²) in [4.78, 5) is 12.3. The molecule has 0 spiro atoms. The SMILES string of the molecule is COc1ccccc1NC(=O)CCSc1nnc2ccc3ccccc3n12. The third-order valence-corrected chi connectivity index (χ3v) is 5.12. The van der Waals surface area contributed by atoms with Crippen LogP contribution in [0, 0.1) is 0 Å². The van der Waals surface area contributed by atoms with E-state index in [0.717, 1.165) is 21.7 Å². The molecule has 4 rings (SSSR count). The van der Waals surface area contributed by atoms with E-state index in [1.807, 2.05) is 59.0 Å². The van der Waals surface area contributed by atoms with Crippen LogP contribution in [0.4, 0.5) is 5.69 Å². The molecular formula is C20H18N4O2S. The van der Waals surface area contributed by atoms with Crippen LogP contribution in [0.2, 0.25) is 0 Å². The summed E-state index contributed by atoms with van der Waals surface area (Å²) in [5, 5.41) is 13.3. The zero-order valence-corrected chi connectivity index (χ0v) is 15.6. The van der Waals surface area contributed by atoms with Crippen molar-refractivity contribution in [3.8, 4) is 5.75 Å². The average Bonchev–Trinajstić information content (AvgIpc) is 3.12. The number of nitrogens with one attached hydrogen (secondary N) is 1. The summed E-state index contributed by atoms with van der Waals surface area (Å²) >= 11 is 1.52. The van der Waals surface area contributed by atoms with Crippen molar-refractivity contribution in [3.63, 3.8) is 0 Å². The number of nitrogens with zero attached hydrogens (tertiary/aromatic N) is 3. The molecule has 2 aromatic heterocycles. The number of hydrogen-bond donors (Lipinski definition) is 1. The van der Waals surface area contributed by atoms with Crippen LogP contribution in [0.1, 0.15) is 6.42 Å². The Balaban J connectivity index is 1.45. The van der Waals surface area contributed by atoms with Crippen LogP contribution in [0.25, 0.3) is 16.6 Å². The Bertz CT molecular complexity index is 1110. The smallest absolute Gasteiger partial charge is 0.225 e. The lowest BCUT2D eigenvalue weighted by Crippen LogP contribution is -2.13. The number of anilines is 1. The fraction of sp³-hybridized carbons (Fsp3) is 0.150.